The molecule has 0 aliphatic carbocycles. The molecule has 20 heavy (non-hydrogen) atoms. The normalized spacial score (nSPS) is 11.8. The molecule has 3 nitrogen and oxygen atoms in total. The second-order valence-electron chi connectivity index (χ2n) is 6.10. The van der Waals surface area contributed by atoms with Crippen LogP contribution in [0.4, 0.5) is 0 Å². The molecule has 1 N–H and O–H groups in total. The number of nitrogens with one attached hydrogen (secondary N) is 1. The van der Waals surface area contributed by atoms with Crippen molar-refractivity contribution in [1.82, 2.24) is 10.3 Å². The topological polar surface area (TPSA) is 38.1 Å². The van der Waals surface area contributed by atoms with Crippen molar-refractivity contribution in [3.8, 4) is 11.3 Å². The molecule has 0 aliphatic heterocycles. The van der Waals surface area contributed by atoms with E-state index in [1.165, 1.54) is 12.0 Å². The van der Waals surface area contributed by atoms with Crippen LogP contribution in [0.1, 0.15) is 45.4 Å². The summed E-state index contributed by atoms with van der Waals surface area (Å²) in [7, 11) is 0. The lowest BCUT2D eigenvalue weighted by molar-refractivity contribution is 0.557. The third kappa shape index (κ3) is 3.28. The minimum Gasteiger partial charge on any atom is -0.443 e. The van der Waals surface area contributed by atoms with Gasteiger partial charge in [0.05, 0.1) is 0 Å². The van der Waals surface area contributed by atoms with Crippen LogP contribution in [0.3, 0.4) is 0 Å². The summed E-state index contributed by atoms with van der Waals surface area (Å²) < 4.78 is 5.67. The zero-order chi connectivity index (χ0) is 14.6. The van der Waals surface area contributed by atoms with Gasteiger partial charge in [0.15, 0.2) is 12.2 Å². The maximum atomic E-state index is 5.67. The van der Waals surface area contributed by atoms with Gasteiger partial charge in [0.1, 0.15) is 5.69 Å². The van der Waals surface area contributed by atoms with E-state index in [0.29, 0.717) is 0 Å². The van der Waals surface area contributed by atoms with Crippen LogP contribution in [-0.4, -0.2) is 11.5 Å². The summed E-state index contributed by atoms with van der Waals surface area (Å²) in [5.41, 5.74) is 3.49. The van der Waals surface area contributed by atoms with Gasteiger partial charge in [0.2, 0.25) is 0 Å². The molecule has 2 aromatic rings. The highest BCUT2D eigenvalue weighted by molar-refractivity contribution is 5.65. The van der Waals surface area contributed by atoms with Crippen molar-refractivity contribution in [2.24, 2.45) is 0 Å². The first-order valence-electron chi connectivity index (χ1n) is 7.27. The van der Waals surface area contributed by atoms with E-state index in [9.17, 15) is 0 Å². The van der Waals surface area contributed by atoms with Crippen LogP contribution in [0, 0.1) is 0 Å². The maximum Gasteiger partial charge on any atom is 0.181 e. The fourth-order valence-electron chi connectivity index (χ4n) is 2.33. The van der Waals surface area contributed by atoms with Gasteiger partial charge < -0.3 is 9.73 Å². The Bertz CT molecular complexity index is 552. The molecule has 0 atom stereocenters. The fourth-order valence-corrected chi connectivity index (χ4v) is 2.33. The van der Waals surface area contributed by atoms with Crippen molar-refractivity contribution in [1.29, 1.82) is 0 Å². The van der Waals surface area contributed by atoms with Crippen LogP contribution in [0.2, 0.25) is 0 Å². The lowest BCUT2D eigenvalue weighted by atomic mass is 9.83. The van der Waals surface area contributed by atoms with Crippen LogP contribution in [0.15, 0.2) is 35.1 Å². The van der Waals surface area contributed by atoms with Crippen molar-refractivity contribution in [2.75, 3.05) is 6.54 Å². The largest absolute Gasteiger partial charge is 0.443 e. The van der Waals surface area contributed by atoms with E-state index in [2.05, 4.69) is 62.3 Å². The smallest absolute Gasteiger partial charge is 0.181 e. The van der Waals surface area contributed by atoms with Crippen LogP contribution in [0.5, 0.6) is 0 Å². The number of oxazole rings is 1. The Kier molecular flexibility index (Phi) is 4.61. The van der Waals surface area contributed by atoms with Crippen molar-refractivity contribution < 1.29 is 4.42 Å². The summed E-state index contributed by atoms with van der Waals surface area (Å²) in [4.78, 5) is 4.36. The first-order chi connectivity index (χ1) is 9.54. The third-order valence-corrected chi connectivity index (χ3v) is 3.34. The molecule has 0 spiro atoms. The average molecular weight is 272 g/mol. The summed E-state index contributed by atoms with van der Waals surface area (Å²) >= 11 is 0. The van der Waals surface area contributed by atoms with Gasteiger partial charge in [-0.05, 0) is 23.9 Å². The number of nitrogens with zero attached hydrogens (tertiary/aromatic N) is 1. The third-order valence-electron chi connectivity index (χ3n) is 3.34. The van der Waals surface area contributed by atoms with E-state index in [4.69, 9.17) is 4.42 Å². The molecule has 1 aromatic carbocycles. The first-order valence-corrected chi connectivity index (χ1v) is 7.27. The molecular weight excluding hydrogens is 248 g/mol. The van der Waals surface area contributed by atoms with Crippen molar-refractivity contribution in [3.05, 3.63) is 41.9 Å². The zero-order valence-corrected chi connectivity index (χ0v) is 12.9. The van der Waals surface area contributed by atoms with Crippen LogP contribution < -0.4 is 5.32 Å². The van der Waals surface area contributed by atoms with Crippen molar-refractivity contribution in [3.63, 3.8) is 0 Å². The molecule has 108 valence electrons. The standard InChI is InChI=1S/C17H24N2O/c1-5-10-18-11-15-16(20-12-19-15)13-8-6-7-9-14(13)17(2,3)4/h6-9,12,18H,5,10-11H2,1-4H3. The zero-order valence-electron chi connectivity index (χ0n) is 12.9. The molecule has 0 saturated carbocycles. The van der Waals surface area contributed by atoms with Gasteiger partial charge in [-0.2, -0.15) is 0 Å². The monoisotopic (exact) mass is 272 g/mol. The molecule has 0 fully saturated rings. The SMILES string of the molecule is CCCNCc1ncoc1-c1ccccc1C(C)(C)C. The Hall–Kier alpha value is -1.61. The van der Waals surface area contributed by atoms with E-state index in [1.54, 1.807) is 0 Å². The Morgan fingerprint density at radius 2 is 1.95 bits per heavy atom. The quantitative estimate of drug-likeness (QED) is 0.831. The molecule has 0 radical (unpaired) electrons. The number of benzene rings is 1. The van der Waals surface area contributed by atoms with E-state index in [1.807, 2.05) is 0 Å². The van der Waals surface area contributed by atoms with E-state index >= 15 is 0 Å². The van der Waals surface area contributed by atoms with E-state index < -0.39 is 0 Å². The molecule has 1 heterocycles. The average Bonchev–Trinajstić information content (AvgIpc) is 2.86. The lowest BCUT2D eigenvalue weighted by Crippen LogP contribution is -2.16. The molecule has 3 heteroatoms. The highest BCUT2D eigenvalue weighted by atomic mass is 16.3. The minimum atomic E-state index is 0.0809. The molecule has 0 saturated heterocycles. The number of rotatable bonds is 5. The maximum absolute atomic E-state index is 5.67. The highest BCUT2D eigenvalue weighted by Crippen LogP contribution is 2.34. The molecule has 2 rings (SSSR count). The van der Waals surface area contributed by atoms with E-state index in [-0.39, 0.29) is 5.41 Å². The lowest BCUT2D eigenvalue weighted by Gasteiger charge is -2.22. The molecule has 0 amide bonds. The summed E-state index contributed by atoms with van der Waals surface area (Å²) in [5, 5.41) is 3.38. The minimum absolute atomic E-state index is 0.0809. The predicted octanol–water partition coefficient (Wildman–Crippen LogP) is 4.14. The van der Waals surface area contributed by atoms with Crippen LogP contribution in [0.25, 0.3) is 11.3 Å². The van der Waals surface area contributed by atoms with Gasteiger partial charge in [-0.3, -0.25) is 0 Å². The second kappa shape index (κ2) is 6.23. The Morgan fingerprint density at radius 3 is 2.65 bits per heavy atom. The Morgan fingerprint density at radius 1 is 1.20 bits per heavy atom. The van der Waals surface area contributed by atoms with Gasteiger partial charge in [-0.25, -0.2) is 4.98 Å². The molecule has 1 aromatic heterocycles. The fraction of sp³-hybridized carbons (Fsp3) is 0.471. The Balaban J connectivity index is 2.35. The summed E-state index contributed by atoms with van der Waals surface area (Å²) in [6.45, 7) is 10.6. The van der Waals surface area contributed by atoms with Crippen molar-refractivity contribution in [2.45, 2.75) is 46.1 Å². The molecule has 0 bridgehead atoms. The van der Waals surface area contributed by atoms with Crippen LogP contribution in [-0.2, 0) is 12.0 Å². The van der Waals surface area contributed by atoms with Gasteiger partial charge in [-0.1, -0.05) is 52.0 Å². The summed E-state index contributed by atoms with van der Waals surface area (Å²) in [6.07, 6.45) is 2.66. The summed E-state index contributed by atoms with van der Waals surface area (Å²) in [6, 6.07) is 8.41. The second-order valence-corrected chi connectivity index (χ2v) is 6.10. The van der Waals surface area contributed by atoms with E-state index in [0.717, 1.165) is 36.5 Å². The van der Waals surface area contributed by atoms with Crippen molar-refractivity contribution >= 4 is 0 Å². The van der Waals surface area contributed by atoms with Crippen LogP contribution >= 0.6 is 0 Å². The van der Waals surface area contributed by atoms with Gasteiger partial charge in [0, 0.05) is 12.1 Å². The first kappa shape index (κ1) is 14.8. The number of hydrogen-bond donors (Lipinski definition) is 1. The molecule has 0 aliphatic rings. The Labute approximate surface area is 121 Å². The molecule has 0 unspecified atom stereocenters. The van der Waals surface area contributed by atoms with Gasteiger partial charge in [-0.15, -0.1) is 0 Å². The summed E-state index contributed by atoms with van der Waals surface area (Å²) in [5.74, 6) is 0.888. The van der Waals surface area contributed by atoms with Gasteiger partial charge in [0.25, 0.3) is 0 Å². The number of aromatic nitrogens is 1. The highest BCUT2D eigenvalue weighted by Gasteiger charge is 2.21. The van der Waals surface area contributed by atoms with Gasteiger partial charge >= 0.3 is 0 Å². The predicted molar refractivity (Wildman–Crippen MR) is 82.6 cm³/mol. The molecular formula is C17H24N2O. The number of hydrogen-bond acceptors (Lipinski definition) is 3.